The lowest BCUT2D eigenvalue weighted by Crippen LogP contribution is -1.77. The molecule has 4 heterocycles. The normalized spacial score (nSPS) is 12.2. The summed E-state index contributed by atoms with van der Waals surface area (Å²) < 4.78 is 12.7. The highest BCUT2D eigenvalue weighted by atomic mass is 32.1. The predicted octanol–water partition coefficient (Wildman–Crippen LogP) is 10.7. The second-order valence-electron chi connectivity index (χ2n) is 9.42. The topological polar surface area (TPSA) is 26.3 Å². The monoisotopic (exact) mass is 500 g/mol. The van der Waals surface area contributed by atoms with Gasteiger partial charge in [0, 0.05) is 41.1 Å². The third kappa shape index (κ3) is 2.89. The minimum absolute atomic E-state index is 0.916. The number of furan rings is 2. The lowest BCUT2D eigenvalue weighted by molar-refractivity contribution is 0.668. The van der Waals surface area contributed by atoms with Crippen molar-refractivity contribution in [3.63, 3.8) is 0 Å². The fraction of sp³-hybridized carbons (Fsp3) is 0.0625. The molecule has 0 unspecified atom stereocenters. The van der Waals surface area contributed by atoms with Crippen molar-refractivity contribution in [2.45, 2.75) is 13.8 Å². The summed E-state index contributed by atoms with van der Waals surface area (Å²) in [6.45, 7) is 4.29. The first kappa shape index (κ1) is 20.3. The number of hydrogen-bond acceptors (Lipinski definition) is 4. The first-order valence-corrected chi connectivity index (χ1v) is 13.6. The minimum Gasteiger partial charge on any atom is -0.456 e. The molecule has 4 aromatic carbocycles. The van der Waals surface area contributed by atoms with Crippen LogP contribution < -0.4 is 0 Å². The van der Waals surface area contributed by atoms with Gasteiger partial charge in [0.2, 0.25) is 0 Å². The maximum Gasteiger partial charge on any atom is 0.136 e. The summed E-state index contributed by atoms with van der Waals surface area (Å²) in [4.78, 5) is 5.16. The summed E-state index contributed by atoms with van der Waals surface area (Å²) in [6.07, 6.45) is 0. The van der Waals surface area contributed by atoms with Crippen LogP contribution in [0, 0.1) is 13.8 Å². The number of fused-ring (bicyclic) bond motifs is 9. The van der Waals surface area contributed by atoms with Crippen LogP contribution >= 0.6 is 22.7 Å². The van der Waals surface area contributed by atoms with Crippen LogP contribution in [-0.2, 0) is 0 Å². The number of thiophene rings is 2. The van der Waals surface area contributed by atoms with Crippen molar-refractivity contribution in [1.29, 1.82) is 0 Å². The zero-order chi connectivity index (χ0) is 24.0. The van der Waals surface area contributed by atoms with Gasteiger partial charge in [0.15, 0.2) is 0 Å². The van der Waals surface area contributed by atoms with E-state index in [0.29, 0.717) is 0 Å². The van der Waals surface area contributed by atoms with Gasteiger partial charge >= 0.3 is 0 Å². The van der Waals surface area contributed by atoms with Crippen molar-refractivity contribution in [2.24, 2.45) is 0 Å². The van der Waals surface area contributed by atoms with Crippen molar-refractivity contribution in [1.82, 2.24) is 0 Å². The molecule has 0 fully saturated rings. The third-order valence-corrected chi connectivity index (χ3v) is 9.22. The van der Waals surface area contributed by atoms with Crippen molar-refractivity contribution >= 4 is 77.3 Å². The molecular weight excluding hydrogens is 480 g/mol. The summed E-state index contributed by atoms with van der Waals surface area (Å²) in [5.74, 6) is 0. The molecule has 36 heavy (non-hydrogen) atoms. The van der Waals surface area contributed by atoms with Crippen molar-refractivity contribution in [3.05, 3.63) is 94.7 Å². The fourth-order valence-corrected chi connectivity index (χ4v) is 7.17. The molecule has 8 rings (SSSR count). The van der Waals surface area contributed by atoms with E-state index < -0.39 is 0 Å². The maximum atomic E-state index is 6.36. The molecule has 0 N–H and O–H groups in total. The molecule has 0 aliphatic carbocycles. The Morgan fingerprint density at radius 2 is 0.889 bits per heavy atom. The number of rotatable bonds is 2. The first-order chi connectivity index (χ1) is 17.6. The largest absolute Gasteiger partial charge is 0.456 e. The highest BCUT2D eigenvalue weighted by molar-refractivity contribution is 7.15. The van der Waals surface area contributed by atoms with Gasteiger partial charge in [-0.3, -0.25) is 0 Å². The van der Waals surface area contributed by atoms with E-state index in [1.54, 1.807) is 0 Å². The second kappa shape index (κ2) is 7.33. The Hall–Kier alpha value is -3.86. The summed E-state index contributed by atoms with van der Waals surface area (Å²) in [6, 6.07) is 30.4. The lowest BCUT2D eigenvalue weighted by atomic mass is 9.99. The molecule has 4 heteroatoms. The zero-order valence-corrected chi connectivity index (χ0v) is 21.3. The molecule has 0 radical (unpaired) electrons. The molecular formula is C32H20O2S2. The first-order valence-electron chi connectivity index (χ1n) is 12.0. The van der Waals surface area contributed by atoms with E-state index in [-0.39, 0.29) is 0 Å². The summed E-state index contributed by atoms with van der Waals surface area (Å²) >= 11 is 3.62. The van der Waals surface area contributed by atoms with Gasteiger partial charge in [-0.2, -0.15) is 0 Å². The van der Waals surface area contributed by atoms with Crippen LogP contribution in [0.4, 0.5) is 0 Å². The van der Waals surface area contributed by atoms with Gasteiger partial charge in [-0.15, -0.1) is 22.7 Å². The molecule has 0 atom stereocenters. The Bertz CT molecular complexity index is 1980. The molecule has 0 amide bonds. The van der Waals surface area contributed by atoms with Crippen molar-refractivity contribution in [3.8, 4) is 20.9 Å². The zero-order valence-electron chi connectivity index (χ0n) is 19.7. The van der Waals surface area contributed by atoms with Gasteiger partial charge in [-0.05, 0) is 109 Å². The van der Waals surface area contributed by atoms with E-state index >= 15 is 0 Å². The second-order valence-corrected chi connectivity index (χ2v) is 12.0. The highest BCUT2D eigenvalue weighted by Crippen LogP contribution is 2.42. The average Bonchev–Trinajstić information content (AvgIpc) is 3.66. The molecule has 2 nitrogen and oxygen atoms in total. The molecule has 0 saturated heterocycles. The standard InChI is InChI=1S/C32H20O2S2/c1-17-3-13-29(35-17)19-5-7-23-27(15-19)33-25-11-9-22-21(31(23)25)10-12-26-32(22)24-8-6-20(16-28(24)34-26)30-14-4-18(2)36-30/h3-16H,1-2H3. The van der Waals surface area contributed by atoms with Gasteiger partial charge in [-0.25, -0.2) is 0 Å². The maximum absolute atomic E-state index is 6.36. The molecule has 0 spiro atoms. The third-order valence-electron chi connectivity index (χ3n) is 7.12. The van der Waals surface area contributed by atoms with Crippen LogP contribution in [0.1, 0.15) is 9.75 Å². The van der Waals surface area contributed by atoms with Gasteiger partial charge in [0.05, 0.1) is 0 Å². The van der Waals surface area contributed by atoms with E-state index in [2.05, 4.69) is 98.8 Å². The molecule has 0 saturated carbocycles. The smallest absolute Gasteiger partial charge is 0.136 e. The number of aryl methyl sites for hydroxylation is 2. The van der Waals surface area contributed by atoms with E-state index in [1.165, 1.54) is 52.2 Å². The van der Waals surface area contributed by atoms with Gasteiger partial charge < -0.3 is 8.83 Å². The van der Waals surface area contributed by atoms with E-state index in [1.807, 2.05) is 22.7 Å². The molecule has 4 aromatic heterocycles. The van der Waals surface area contributed by atoms with Crippen LogP contribution in [0.2, 0.25) is 0 Å². The molecule has 0 bridgehead atoms. The SMILES string of the molecule is Cc1ccc(-c2ccc3c(c2)oc2ccc4c(ccc5oc6cc(-c7ccc(C)s7)ccc6c54)c23)s1. The van der Waals surface area contributed by atoms with Crippen LogP contribution in [0.3, 0.4) is 0 Å². The van der Waals surface area contributed by atoms with E-state index in [9.17, 15) is 0 Å². The van der Waals surface area contributed by atoms with Crippen LogP contribution in [0.5, 0.6) is 0 Å². The van der Waals surface area contributed by atoms with Crippen LogP contribution in [0.25, 0.3) is 75.5 Å². The summed E-state index contributed by atoms with van der Waals surface area (Å²) in [5.41, 5.74) is 6.08. The molecule has 0 aliphatic rings. The Kier molecular flexibility index (Phi) is 4.14. The highest BCUT2D eigenvalue weighted by Gasteiger charge is 2.17. The van der Waals surface area contributed by atoms with Gasteiger partial charge in [0.25, 0.3) is 0 Å². The molecule has 8 aromatic rings. The average molecular weight is 501 g/mol. The van der Waals surface area contributed by atoms with Gasteiger partial charge in [0.1, 0.15) is 22.3 Å². The van der Waals surface area contributed by atoms with E-state index in [0.717, 1.165) is 33.1 Å². The Morgan fingerprint density at radius 1 is 0.444 bits per heavy atom. The van der Waals surface area contributed by atoms with Gasteiger partial charge in [-0.1, -0.05) is 12.1 Å². The van der Waals surface area contributed by atoms with Crippen molar-refractivity contribution in [2.75, 3.05) is 0 Å². The summed E-state index contributed by atoms with van der Waals surface area (Å²) in [5, 5.41) is 7.01. The Balaban J connectivity index is 1.37. The number of benzene rings is 4. The molecule has 0 aliphatic heterocycles. The predicted molar refractivity (Wildman–Crippen MR) is 155 cm³/mol. The summed E-state index contributed by atoms with van der Waals surface area (Å²) in [7, 11) is 0. The Labute approximate surface area is 215 Å². The van der Waals surface area contributed by atoms with Crippen LogP contribution in [0.15, 0.2) is 93.8 Å². The number of hydrogen-bond donors (Lipinski definition) is 0. The van der Waals surface area contributed by atoms with Crippen molar-refractivity contribution < 1.29 is 8.83 Å². The quantitative estimate of drug-likeness (QED) is 0.236. The Morgan fingerprint density at radius 3 is 1.31 bits per heavy atom. The van der Waals surface area contributed by atoms with E-state index in [4.69, 9.17) is 8.83 Å². The van der Waals surface area contributed by atoms with Crippen LogP contribution in [-0.4, -0.2) is 0 Å². The fourth-order valence-electron chi connectivity index (χ4n) is 5.44. The minimum atomic E-state index is 0.916. The lowest BCUT2D eigenvalue weighted by Gasteiger charge is -2.02. The molecule has 172 valence electrons.